The van der Waals surface area contributed by atoms with Gasteiger partial charge in [0.2, 0.25) is 0 Å². The van der Waals surface area contributed by atoms with Crippen LogP contribution in [0.4, 0.5) is 0 Å². The monoisotopic (exact) mass is 256 g/mol. The summed E-state index contributed by atoms with van der Waals surface area (Å²) < 4.78 is 0. The SMILES string of the molecule is N[C@H](C[Se]C[C@H](N)C(=O)O)C(=O)O. The van der Waals surface area contributed by atoms with Gasteiger partial charge in [0.25, 0.3) is 0 Å². The van der Waals surface area contributed by atoms with Crippen LogP contribution in [0.1, 0.15) is 0 Å². The fourth-order valence-corrected chi connectivity index (χ4v) is 2.41. The molecule has 0 spiro atoms. The molecule has 0 radical (unpaired) electrons. The summed E-state index contributed by atoms with van der Waals surface area (Å²) in [6.07, 6.45) is 0. The summed E-state index contributed by atoms with van der Waals surface area (Å²) in [5.74, 6) is -2.13. The molecule has 0 aliphatic rings. The topological polar surface area (TPSA) is 127 Å². The summed E-state index contributed by atoms with van der Waals surface area (Å²) in [7, 11) is 0. The zero-order valence-electron chi connectivity index (χ0n) is 6.84. The van der Waals surface area contributed by atoms with Crippen LogP contribution in [0.15, 0.2) is 0 Å². The van der Waals surface area contributed by atoms with Gasteiger partial charge in [-0.1, -0.05) is 0 Å². The van der Waals surface area contributed by atoms with Crippen molar-refractivity contribution in [1.29, 1.82) is 0 Å². The summed E-state index contributed by atoms with van der Waals surface area (Å²) in [4.78, 5) is 20.5. The van der Waals surface area contributed by atoms with E-state index in [1.807, 2.05) is 0 Å². The zero-order valence-corrected chi connectivity index (χ0v) is 8.56. The zero-order chi connectivity index (χ0) is 10.4. The quantitative estimate of drug-likeness (QED) is 0.421. The predicted molar refractivity (Wildman–Crippen MR) is 46.6 cm³/mol. The van der Waals surface area contributed by atoms with Crippen LogP contribution in [0.25, 0.3) is 0 Å². The summed E-state index contributed by atoms with van der Waals surface area (Å²) >= 11 is -0.129. The Bertz CT molecular complexity index is 179. The molecule has 0 aromatic rings. The molecule has 0 rings (SSSR count). The van der Waals surface area contributed by atoms with Crippen molar-refractivity contribution in [2.24, 2.45) is 11.5 Å². The number of hydrogen-bond acceptors (Lipinski definition) is 4. The van der Waals surface area contributed by atoms with Crippen LogP contribution in [0, 0.1) is 0 Å². The summed E-state index contributed by atoms with van der Waals surface area (Å²) in [5, 5.41) is 17.4. The van der Waals surface area contributed by atoms with Crippen LogP contribution in [0.3, 0.4) is 0 Å². The third kappa shape index (κ3) is 5.59. The van der Waals surface area contributed by atoms with Crippen molar-refractivity contribution in [3.8, 4) is 0 Å². The van der Waals surface area contributed by atoms with Crippen molar-refractivity contribution in [1.82, 2.24) is 0 Å². The van der Waals surface area contributed by atoms with Gasteiger partial charge in [-0.2, -0.15) is 0 Å². The van der Waals surface area contributed by atoms with E-state index in [1.54, 1.807) is 0 Å². The second kappa shape index (κ2) is 5.93. The van der Waals surface area contributed by atoms with Crippen molar-refractivity contribution in [3.63, 3.8) is 0 Å². The molecule has 0 heterocycles. The molecule has 0 saturated heterocycles. The Morgan fingerprint density at radius 2 is 1.38 bits per heavy atom. The summed E-state index contributed by atoms with van der Waals surface area (Å²) in [5.41, 5.74) is 10.4. The number of rotatable bonds is 6. The van der Waals surface area contributed by atoms with Gasteiger partial charge in [-0.3, -0.25) is 0 Å². The van der Waals surface area contributed by atoms with Crippen LogP contribution in [-0.2, 0) is 9.59 Å². The van der Waals surface area contributed by atoms with Crippen molar-refractivity contribution in [2.75, 3.05) is 0 Å². The maximum absolute atomic E-state index is 10.2. The summed E-state index contributed by atoms with van der Waals surface area (Å²) in [6, 6.07) is -1.80. The number of hydrogen-bond donors (Lipinski definition) is 4. The molecule has 0 aliphatic carbocycles. The van der Waals surface area contributed by atoms with E-state index in [0.717, 1.165) is 0 Å². The maximum atomic E-state index is 10.2. The van der Waals surface area contributed by atoms with Crippen LogP contribution >= 0.6 is 0 Å². The van der Waals surface area contributed by atoms with Gasteiger partial charge in [0.1, 0.15) is 0 Å². The number of aliphatic carboxylic acids is 2. The Hall–Kier alpha value is -0.621. The Kier molecular flexibility index (Phi) is 5.65. The molecule has 76 valence electrons. The fraction of sp³-hybridized carbons (Fsp3) is 0.667. The molecule has 0 unspecified atom stereocenters. The van der Waals surface area contributed by atoms with Crippen LogP contribution in [0.5, 0.6) is 0 Å². The second-order valence-corrected chi connectivity index (χ2v) is 4.68. The molecule has 0 aromatic heterocycles. The van der Waals surface area contributed by atoms with E-state index < -0.39 is 24.0 Å². The number of carboxylic acids is 2. The Morgan fingerprint density at radius 3 is 1.62 bits per heavy atom. The molecule has 0 saturated carbocycles. The molecule has 0 amide bonds. The van der Waals surface area contributed by atoms with E-state index in [1.165, 1.54) is 0 Å². The first-order valence-corrected chi connectivity index (χ1v) is 5.92. The predicted octanol–water partition coefficient (Wildman–Crippen LogP) is -1.65. The van der Waals surface area contributed by atoms with Crippen LogP contribution < -0.4 is 11.5 Å². The van der Waals surface area contributed by atoms with E-state index in [-0.39, 0.29) is 15.0 Å². The summed E-state index contributed by atoms with van der Waals surface area (Å²) in [6.45, 7) is 0. The molecule has 2 atom stereocenters. The van der Waals surface area contributed by atoms with Crippen molar-refractivity contribution in [3.05, 3.63) is 0 Å². The molecule has 13 heavy (non-hydrogen) atoms. The molecular weight excluding hydrogens is 243 g/mol. The van der Waals surface area contributed by atoms with Gasteiger partial charge in [-0.25, -0.2) is 0 Å². The third-order valence-electron chi connectivity index (χ3n) is 1.23. The first-order valence-electron chi connectivity index (χ1n) is 3.49. The van der Waals surface area contributed by atoms with E-state index in [9.17, 15) is 9.59 Å². The Labute approximate surface area is 81.4 Å². The number of nitrogens with two attached hydrogens (primary N) is 2. The van der Waals surface area contributed by atoms with Crippen molar-refractivity contribution >= 4 is 26.9 Å². The molecule has 7 heteroatoms. The first kappa shape index (κ1) is 12.4. The minimum absolute atomic E-state index is 0.129. The number of carboxylic acid groups (broad SMARTS) is 2. The molecule has 0 fully saturated rings. The standard InChI is InChI=1S/C6H12N2O4Se/c7-3(5(9)10)1-13-2-4(8)6(11)12/h3-4H,1-2,7-8H2,(H,9,10)(H,11,12)/t3-,4+. The molecule has 0 bridgehead atoms. The van der Waals surface area contributed by atoms with E-state index in [2.05, 4.69) is 0 Å². The molecule has 6 N–H and O–H groups in total. The van der Waals surface area contributed by atoms with Gasteiger partial charge >= 0.3 is 80.9 Å². The molecule has 6 nitrogen and oxygen atoms in total. The Balaban J connectivity index is 3.56. The number of carbonyl (C=O) groups is 2. The Morgan fingerprint density at radius 1 is 1.08 bits per heavy atom. The van der Waals surface area contributed by atoms with E-state index in [4.69, 9.17) is 21.7 Å². The average molecular weight is 255 g/mol. The normalized spacial score (nSPS) is 14.9. The van der Waals surface area contributed by atoms with Gasteiger partial charge < -0.3 is 0 Å². The van der Waals surface area contributed by atoms with Gasteiger partial charge in [-0.15, -0.1) is 0 Å². The third-order valence-corrected chi connectivity index (χ3v) is 3.73. The van der Waals surface area contributed by atoms with Gasteiger partial charge in [-0.05, 0) is 0 Å². The van der Waals surface area contributed by atoms with Gasteiger partial charge in [0.05, 0.1) is 0 Å². The van der Waals surface area contributed by atoms with Crippen molar-refractivity contribution in [2.45, 2.75) is 22.7 Å². The van der Waals surface area contributed by atoms with E-state index in [0.29, 0.717) is 10.6 Å². The van der Waals surface area contributed by atoms with Crippen molar-refractivity contribution < 1.29 is 19.8 Å². The van der Waals surface area contributed by atoms with E-state index >= 15 is 0 Å². The first-order chi connectivity index (χ1) is 5.95. The second-order valence-electron chi connectivity index (χ2n) is 2.43. The molecule has 0 aliphatic heterocycles. The van der Waals surface area contributed by atoms with Gasteiger partial charge in [0.15, 0.2) is 0 Å². The minimum atomic E-state index is -1.06. The molecule has 0 aromatic carbocycles. The van der Waals surface area contributed by atoms with Crippen LogP contribution in [-0.4, -0.2) is 49.2 Å². The molecular formula is C6H12N2O4Se. The average Bonchev–Trinajstić information content (AvgIpc) is 2.03. The van der Waals surface area contributed by atoms with Crippen LogP contribution in [0.2, 0.25) is 10.6 Å². The van der Waals surface area contributed by atoms with Gasteiger partial charge in [0, 0.05) is 0 Å². The fourth-order valence-electron chi connectivity index (χ4n) is 0.465.